The lowest BCUT2D eigenvalue weighted by atomic mass is 10.1. The van der Waals surface area contributed by atoms with Gasteiger partial charge in [0.2, 0.25) is 0 Å². The van der Waals surface area contributed by atoms with Crippen LogP contribution in [-0.4, -0.2) is 37.4 Å². The van der Waals surface area contributed by atoms with Gasteiger partial charge in [-0.2, -0.15) is 5.10 Å². The smallest absolute Gasteiger partial charge is 0.103 e. The zero-order chi connectivity index (χ0) is 16.1. The summed E-state index contributed by atoms with van der Waals surface area (Å²) >= 11 is 3.45. The molecular weight excluding hydrogens is 350 g/mol. The predicted octanol–water partition coefficient (Wildman–Crippen LogP) is 2.49. The van der Waals surface area contributed by atoms with Gasteiger partial charge in [-0.05, 0) is 24.6 Å². The first-order chi connectivity index (χ1) is 11.2. The van der Waals surface area contributed by atoms with Crippen LogP contribution in [0.2, 0.25) is 0 Å². The van der Waals surface area contributed by atoms with Crippen molar-refractivity contribution in [2.75, 3.05) is 26.2 Å². The number of nitrogens with zero attached hydrogens (tertiary/aromatic N) is 2. The SMILES string of the molecule is Cc1ccc(C[NH+]2CCN(/N=C/c3ccc(Br)cc3)CC2)cc1. The summed E-state index contributed by atoms with van der Waals surface area (Å²) in [5, 5.41) is 6.80. The lowest BCUT2D eigenvalue weighted by molar-refractivity contribution is -0.918. The molecule has 3 nitrogen and oxygen atoms in total. The molecule has 1 aliphatic rings. The van der Waals surface area contributed by atoms with E-state index in [9.17, 15) is 0 Å². The van der Waals surface area contributed by atoms with Crippen molar-refractivity contribution in [2.45, 2.75) is 13.5 Å². The van der Waals surface area contributed by atoms with E-state index in [1.165, 1.54) is 11.1 Å². The molecule has 0 aromatic heterocycles. The highest BCUT2D eigenvalue weighted by atomic mass is 79.9. The van der Waals surface area contributed by atoms with Crippen molar-refractivity contribution in [2.24, 2.45) is 5.10 Å². The Labute approximate surface area is 146 Å². The van der Waals surface area contributed by atoms with E-state index in [0.717, 1.165) is 42.8 Å². The molecule has 3 rings (SSSR count). The van der Waals surface area contributed by atoms with Gasteiger partial charge < -0.3 is 4.90 Å². The molecule has 0 atom stereocenters. The van der Waals surface area contributed by atoms with Crippen LogP contribution in [0.15, 0.2) is 58.1 Å². The average Bonchev–Trinajstić information content (AvgIpc) is 2.58. The normalized spacial score (nSPS) is 16.2. The van der Waals surface area contributed by atoms with Crippen LogP contribution in [-0.2, 0) is 6.54 Å². The average molecular weight is 373 g/mol. The fourth-order valence-corrected chi connectivity index (χ4v) is 3.06. The molecule has 1 aliphatic heterocycles. The highest BCUT2D eigenvalue weighted by Gasteiger charge is 2.18. The van der Waals surface area contributed by atoms with Crippen LogP contribution < -0.4 is 4.90 Å². The standard InChI is InChI=1S/C19H22BrN3/c1-16-2-4-18(5-3-16)15-22-10-12-23(13-11-22)21-14-17-6-8-19(20)9-7-17/h2-9,14H,10-13,15H2,1H3/p+1/b21-14+. The first-order valence-corrected chi connectivity index (χ1v) is 8.92. The zero-order valence-corrected chi connectivity index (χ0v) is 15.1. The Morgan fingerprint density at radius 1 is 1.04 bits per heavy atom. The maximum Gasteiger partial charge on any atom is 0.103 e. The Morgan fingerprint density at radius 3 is 2.35 bits per heavy atom. The van der Waals surface area contributed by atoms with Gasteiger partial charge in [0.1, 0.15) is 6.54 Å². The fourth-order valence-electron chi connectivity index (χ4n) is 2.80. The van der Waals surface area contributed by atoms with Gasteiger partial charge in [0, 0.05) is 10.0 Å². The van der Waals surface area contributed by atoms with Gasteiger partial charge in [-0.25, -0.2) is 0 Å². The molecule has 120 valence electrons. The Morgan fingerprint density at radius 2 is 1.70 bits per heavy atom. The van der Waals surface area contributed by atoms with Crippen LogP contribution in [0.5, 0.6) is 0 Å². The maximum atomic E-state index is 4.62. The van der Waals surface area contributed by atoms with Crippen LogP contribution >= 0.6 is 15.9 Å². The van der Waals surface area contributed by atoms with Gasteiger partial charge in [0.05, 0.1) is 32.4 Å². The number of rotatable bonds is 4. The third-order valence-electron chi connectivity index (χ3n) is 4.26. The number of hydrazone groups is 1. The van der Waals surface area contributed by atoms with Crippen molar-refractivity contribution in [3.8, 4) is 0 Å². The molecule has 2 aromatic rings. The van der Waals surface area contributed by atoms with E-state index in [-0.39, 0.29) is 0 Å². The van der Waals surface area contributed by atoms with Crippen molar-refractivity contribution in [1.82, 2.24) is 5.01 Å². The monoisotopic (exact) mass is 372 g/mol. The van der Waals surface area contributed by atoms with Crippen LogP contribution in [0.3, 0.4) is 0 Å². The molecule has 0 bridgehead atoms. The summed E-state index contributed by atoms with van der Waals surface area (Å²) in [5.41, 5.74) is 3.90. The first-order valence-electron chi connectivity index (χ1n) is 8.13. The Hall–Kier alpha value is -1.65. The summed E-state index contributed by atoms with van der Waals surface area (Å²) in [6.07, 6.45) is 1.96. The minimum atomic E-state index is 1.02. The largest absolute Gasteiger partial charge is 0.328 e. The Kier molecular flexibility index (Phi) is 5.47. The second-order valence-corrected chi connectivity index (χ2v) is 7.08. The van der Waals surface area contributed by atoms with Crippen molar-refractivity contribution >= 4 is 22.1 Å². The fraction of sp³-hybridized carbons (Fsp3) is 0.316. The summed E-state index contributed by atoms with van der Waals surface area (Å²) in [4.78, 5) is 1.64. The van der Waals surface area contributed by atoms with Gasteiger partial charge >= 0.3 is 0 Å². The van der Waals surface area contributed by atoms with E-state index in [2.05, 4.69) is 69.4 Å². The number of hydrogen-bond acceptors (Lipinski definition) is 2. The van der Waals surface area contributed by atoms with E-state index in [1.54, 1.807) is 4.90 Å². The van der Waals surface area contributed by atoms with Gasteiger partial charge in [0.25, 0.3) is 0 Å². The highest BCUT2D eigenvalue weighted by Crippen LogP contribution is 2.09. The molecule has 1 fully saturated rings. The van der Waals surface area contributed by atoms with E-state index in [0.29, 0.717) is 0 Å². The molecule has 1 heterocycles. The number of nitrogens with one attached hydrogen (secondary N) is 1. The van der Waals surface area contributed by atoms with Crippen molar-refractivity contribution in [3.63, 3.8) is 0 Å². The summed E-state index contributed by atoms with van der Waals surface area (Å²) in [6, 6.07) is 17.1. The lowest BCUT2D eigenvalue weighted by Gasteiger charge is -2.30. The quantitative estimate of drug-likeness (QED) is 0.817. The third-order valence-corrected chi connectivity index (χ3v) is 4.79. The van der Waals surface area contributed by atoms with Crippen molar-refractivity contribution in [1.29, 1.82) is 0 Å². The van der Waals surface area contributed by atoms with Gasteiger partial charge in [-0.1, -0.05) is 57.9 Å². The number of quaternary nitrogens is 1. The molecule has 0 saturated carbocycles. The molecule has 0 aliphatic carbocycles. The maximum absolute atomic E-state index is 4.62. The Bertz CT molecular complexity index is 641. The molecule has 0 radical (unpaired) electrons. The van der Waals surface area contributed by atoms with Crippen molar-refractivity contribution < 1.29 is 4.90 Å². The van der Waals surface area contributed by atoms with Gasteiger partial charge in [-0.15, -0.1) is 0 Å². The molecule has 4 heteroatoms. The number of hydrogen-bond donors (Lipinski definition) is 1. The minimum Gasteiger partial charge on any atom is -0.328 e. The van der Waals surface area contributed by atoms with E-state index in [1.807, 2.05) is 18.3 Å². The third kappa shape index (κ3) is 4.91. The molecule has 23 heavy (non-hydrogen) atoms. The number of aryl methyl sites for hydroxylation is 1. The number of benzene rings is 2. The highest BCUT2D eigenvalue weighted by molar-refractivity contribution is 9.10. The van der Waals surface area contributed by atoms with Crippen molar-refractivity contribution in [3.05, 3.63) is 69.7 Å². The van der Waals surface area contributed by atoms with E-state index in [4.69, 9.17) is 0 Å². The first kappa shape index (κ1) is 16.2. The Balaban J connectivity index is 1.48. The van der Waals surface area contributed by atoms with Gasteiger partial charge in [0.15, 0.2) is 0 Å². The summed E-state index contributed by atoms with van der Waals surface area (Å²) in [5.74, 6) is 0. The number of halogens is 1. The van der Waals surface area contributed by atoms with E-state index < -0.39 is 0 Å². The molecular formula is C19H23BrN3+. The van der Waals surface area contributed by atoms with Crippen LogP contribution in [0.4, 0.5) is 0 Å². The predicted molar refractivity (Wildman–Crippen MR) is 98.9 cm³/mol. The second kappa shape index (κ2) is 7.75. The van der Waals surface area contributed by atoms with E-state index >= 15 is 0 Å². The van der Waals surface area contributed by atoms with Crippen LogP contribution in [0, 0.1) is 6.92 Å². The molecule has 0 spiro atoms. The summed E-state index contributed by atoms with van der Waals surface area (Å²) in [7, 11) is 0. The molecule has 0 unspecified atom stereocenters. The minimum absolute atomic E-state index is 1.02. The van der Waals surface area contributed by atoms with Crippen LogP contribution in [0.25, 0.3) is 0 Å². The van der Waals surface area contributed by atoms with Crippen LogP contribution in [0.1, 0.15) is 16.7 Å². The molecule has 1 N–H and O–H groups in total. The molecule has 1 saturated heterocycles. The van der Waals surface area contributed by atoms with Gasteiger partial charge in [-0.3, -0.25) is 5.01 Å². The topological polar surface area (TPSA) is 20.0 Å². The lowest BCUT2D eigenvalue weighted by Crippen LogP contribution is -3.13. The summed E-state index contributed by atoms with van der Waals surface area (Å²) < 4.78 is 1.10. The molecule has 0 amide bonds. The molecule has 2 aromatic carbocycles. The summed E-state index contributed by atoms with van der Waals surface area (Å²) in [6.45, 7) is 7.59. The number of piperazine rings is 1. The second-order valence-electron chi connectivity index (χ2n) is 6.16. The zero-order valence-electron chi connectivity index (χ0n) is 13.5.